The Bertz CT molecular complexity index is 996. The summed E-state index contributed by atoms with van der Waals surface area (Å²) in [5.74, 6) is -0.567. The van der Waals surface area contributed by atoms with Gasteiger partial charge in [-0.3, -0.25) is 0 Å². The average molecular weight is 421 g/mol. The van der Waals surface area contributed by atoms with Gasteiger partial charge in [-0.1, -0.05) is 55.0 Å². The molecule has 0 aliphatic heterocycles. The zero-order chi connectivity index (χ0) is 21.7. The molecule has 0 bridgehead atoms. The van der Waals surface area contributed by atoms with Crippen LogP contribution in [0.4, 0.5) is 4.39 Å². The summed E-state index contributed by atoms with van der Waals surface area (Å²) >= 11 is 0. The van der Waals surface area contributed by atoms with Crippen LogP contribution in [0.1, 0.15) is 52.7 Å². The maximum absolute atomic E-state index is 13.3. The second kappa shape index (κ2) is 9.45. The molecule has 2 rings (SSSR count). The van der Waals surface area contributed by atoms with Crippen LogP contribution in [0.25, 0.3) is 6.08 Å². The number of halogens is 1. The highest BCUT2D eigenvalue weighted by Gasteiger charge is 2.33. The number of aromatic nitrogens is 3. The molecule has 0 spiro atoms. The second-order valence-corrected chi connectivity index (χ2v) is 9.69. The molecule has 2 N–H and O–H groups in total. The molecule has 1 aromatic rings. The Morgan fingerprint density at radius 1 is 1.24 bits per heavy atom. The Morgan fingerprint density at radius 2 is 1.97 bits per heavy atom. The third kappa shape index (κ3) is 6.08. The van der Waals surface area contributed by atoms with Crippen LogP contribution >= 0.6 is 0 Å². The fraction of sp³-hybridized carbons (Fsp3) is 0.429. The highest BCUT2D eigenvalue weighted by Crippen LogP contribution is 2.42. The summed E-state index contributed by atoms with van der Waals surface area (Å²) in [5.41, 5.74) is 2.61. The highest BCUT2D eigenvalue weighted by molar-refractivity contribution is 7.93. The van der Waals surface area contributed by atoms with E-state index in [0.29, 0.717) is 11.3 Å². The number of aromatic amines is 1. The largest absolute Gasteiger partial charge is 0.236 e. The van der Waals surface area contributed by atoms with Gasteiger partial charge in [0.2, 0.25) is 16.0 Å². The molecule has 0 saturated heterocycles. The van der Waals surface area contributed by atoms with E-state index in [-0.39, 0.29) is 11.1 Å². The number of nitrogens with zero attached hydrogens (tertiary/aromatic N) is 2. The van der Waals surface area contributed by atoms with E-state index in [0.717, 1.165) is 29.6 Å². The van der Waals surface area contributed by atoms with Crippen LogP contribution in [0, 0.1) is 11.4 Å². The van der Waals surface area contributed by atoms with Crippen molar-refractivity contribution in [1.29, 1.82) is 0 Å². The van der Waals surface area contributed by atoms with E-state index in [2.05, 4.69) is 34.0 Å². The van der Waals surface area contributed by atoms with E-state index < -0.39 is 16.0 Å². The van der Waals surface area contributed by atoms with Crippen LogP contribution in [0.3, 0.4) is 0 Å². The van der Waals surface area contributed by atoms with Crippen molar-refractivity contribution in [2.24, 2.45) is 5.41 Å². The summed E-state index contributed by atoms with van der Waals surface area (Å²) in [6.45, 7) is 7.94. The molecule has 0 atom stereocenters. The van der Waals surface area contributed by atoms with Gasteiger partial charge in [-0.25, -0.2) is 18.2 Å². The smallest absolute Gasteiger partial charge is 0.232 e. The Hall–Kier alpha value is -2.32. The van der Waals surface area contributed by atoms with Gasteiger partial charge in [0.05, 0.1) is 4.91 Å². The molecule has 0 fully saturated rings. The first kappa shape index (κ1) is 23.0. The van der Waals surface area contributed by atoms with E-state index in [1.54, 1.807) is 6.08 Å². The molecule has 1 aliphatic carbocycles. The van der Waals surface area contributed by atoms with Gasteiger partial charge in [-0.05, 0) is 62.8 Å². The Morgan fingerprint density at radius 3 is 2.59 bits per heavy atom. The number of allylic oxidation sites excluding steroid dienone is 9. The molecule has 8 heteroatoms. The minimum absolute atomic E-state index is 0.164. The number of H-pyrrole nitrogens is 1. The maximum Gasteiger partial charge on any atom is 0.236 e. The number of hydrogen-bond donors (Lipinski definition) is 2. The van der Waals surface area contributed by atoms with Crippen molar-refractivity contribution < 1.29 is 12.8 Å². The van der Waals surface area contributed by atoms with Gasteiger partial charge in [0.15, 0.2) is 0 Å². The lowest BCUT2D eigenvalue weighted by Crippen LogP contribution is -2.28. The van der Waals surface area contributed by atoms with Crippen molar-refractivity contribution in [2.45, 2.75) is 47.0 Å². The van der Waals surface area contributed by atoms with E-state index >= 15 is 0 Å². The molecule has 158 valence electrons. The average Bonchev–Trinajstić information content (AvgIpc) is 3.04. The SMILES string of the molecule is CNS(=O)(=O)C1=C(/C=C/C(C)=C/C=C/C(C)=C/c2nn[nH]c2F)C(C)(C)CCC1. The van der Waals surface area contributed by atoms with Gasteiger partial charge in [0.1, 0.15) is 5.69 Å². The summed E-state index contributed by atoms with van der Waals surface area (Å²) in [6, 6.07) is 0. The van der Waals surface area contributed by atoms with Crippen LogP contribution in [0.15, 0.2) is 52.0 Å². The van der Waals surface area contributed by atoms with Crippen molar-refractivity contribution in [2.75, 3.05) is 7.05 Å². The monoisotopic (exact) mass is 420 g/mol. The molecule has 1 heterocycles. The lowest BCUT2D eigenvalue weighted by molar-refractivity contribution is 0.381. The first-order valence-electron chi connectivity index (χ1n) is 9.52. The summed E-state index contributed by atoms with van der Waals surface area (Å²) in [6.07, 6.45) is 13.4. The summed E-state index contributed by atoms with van der Waals surface area (Å²) in [5, 5.41) is 9.20. The Balaban J connectivity index is 2.22. The minimum atomic E-state index is -3.45. The van der Waals surface area contributed by atoms with Crippen molar-refractivity contribution >= 4 is 16.1 Å². The zero-order valence-corrected chi connectivity index (χ0v) is 18.4. The lowest BCUT2D eigenvalue weighted by atomic mass is 9.75. The van der Waals surface area contributed by atoms with Crippen LogP contribution in [0.5, 0.6) is 0 Å². The lowest BCUT2D eigenvalue weighted by Gasteiger charge is -2.33. The normalized spacial score (nSPS) is 19.0. The fourth-order valence-electron chi connectivity index (χ4n) is 3.26. The third-order valence-electron chi connectivity index (χ3n) is 4.95. The predicted octanol–water partition coefficient (Wildman–Crippen LogP) is 4.42. The van der Waals surface area contributed by atoms with E-state index in [1.807, 2.05) is 44.2 Å². The molecule has 0 radical (unpaired) electrons. The molecule has 6 nitrogen and oxygen atoms in total. The van der Waals surface area contributed by atoms with Crippen LogP contribution in [-0.4, -0.2) is 30.9 Å². The molecule has 0 aromatic carbocycles. The minimum Gasteiger partial charge on any atom is -0.232 e. The summed E-state index contributed by atoms with van der Waals surface area (Å²) in [4.78, 5) is 0.476. The first-order chi connectivity index (χ1) is 13.6. The van der Waals surface area contributed by atoms with Crippen molar-refractivity contribution in [3.05, 3.63) is 63.6 Å². The second-order valence-electron chi connectivity index (χ2n) is 7.78. The van der Waals surface area contributed by atoms with Crippen LogP contribution < -0.4 is 4.72 Å². The standard InChI is InChI=1S/C21H29FN4O2S/c1-15(8-6-9-16(2)14-18-20(22)25-26-24-18)11-12-17-19(29(27,28)23-5)10-7-13-21(17,3)4/h6,8-9,11-12,14,23H,7,10,13H2,1-5H3,(H,24,25,26)/b9-6+,12-11+,15-8+,16-14+. The molecule has 0 amide bonds. The Kier molecular flexibility index (Phi) is 7.48. The van der Waals surface area contributed by atoms with Crippen LogP contribution in [0.2, 0.25) is 0 Å². The van der Waals surface area contributed by atoms with Crippen molar-refractivity contribution in [1.82, 2.24) is 20.1 Å². The van der Waals surface area contributed by atoms with E-state index in [4.69, 9.17) is 0 Å². The maximum atomic E-state index is 13.3. The molecule has 29 heavy (non-hydrogen) atoms. The van der Waals surface area contributed by atoms with Gasteiger partial charge in [0.25, 0.3) is 0 Å². The van der Waals surface area contributed by atoms with Crippen LogP contribution in [-0.2, 0) is 10.0 Å². The summed E-state index contributed by atoms with van der Waals surface area (Å²) < 4.78 is 40.6. The van der Waals surface area contributed by atoms with Gasteiger partial charge < -0.3 is 0 Å². The van der Waals surface area contributed by atoms with Crippen molar-refractivity contribution in [3.63, 3.8) is 0 Å². The predicted molar refractivity (Wildman–Crippen MR) is 115 cm³/mol. The molecule has 1 aromatic heterocycles. The fourth-order valence-corrected chi connectivity index (χ4v) is 4.55. The number of sulfonamides is 1. The topological polar surface area (TPSA) is 87.7 Å². The number of nitrogens with one attached hydrogen (secondary N) is 2. The summed E-state index contributed by atoms with van der Waals surface area (Å²) in [7, 11) is -2.01. The molecular formula is C21H29FN4O2S. The van der Waals surface area contributed by atoms with Crippen molar-refractivity contribution in [3.8, 4) is 0 Å². The van der Waals surface area contributed by atoms with Gasteiger partial charge in [-0.2, -0.15) is 4.39 Å². The van der Waals surface area contributed by atoms with E-state index in [1.165, 1.54) is 7.05 Å². The quantitative estimate of drug-likeness (QED) is 0.639. The molecular weight excluding hydrogens is 391 g/mol. The number of rotatable bonds is 7. The van der Waals surface area contributed by atoms with E-state index in [9.17, 15) is 12.8 Å². The molecule has 0 saturated carbocycles. The van der Waals surface area contributed by atoms with Gasteiger partial charge >= 0.3 is 0 Å². The first-order valence-corrected chi connectivity index (χ1v) is 11.0. The van der Waals surface area contributed by atoms with Gasteiger partial charge in [0, 0.05) is 0 Å². The van der Waals surface area contributed by atoms with Gasteiger partial charge in [-0.15, -0.1) is 5.10 Å². The number of hydrogen-bond acceptors (Lipinski definition) is 4. The Labute approximate surface area is 172 Å². The highest BCUT2D eigenvalue weighted by atomic mass is 32.2. The molecule has 1 aliphatic rings. The molecule has 0 unspecified atom stereocenters. The third-order valence-corrected chi connectivity index (χ3v) is 6.56. The zero-order valence-electron chi connectivity index (χ0n) is 17.6.